The Bertz CT molecular complexity index is 1120. The molecule has 2 aromatic carbocycles. The van der Waals surface area contributed by atoms with Gasteiger partial charge in [0.25, 0.3) is 0 Å². The molecule has 0 bridgehead atoms. The van der Waals surface area contributed by atoms with Crippen LogP contribution in [0.25, 0.3) is 5.69 Å². The van der Waals surface area contributed by atoms with Crippen LogP contribution in [-0.4, -0.2) is 52.2 Å². The molecular formula is C22H23Cl2N5O2S. The molecule has 1 aliphatic heterocycles. The number of ether oxygens (including phenoxy) is 1. The first kappa shape index (κ1) is 22.9. The Labute approximate surface area is 201 Å². The highest BCUT2D eigenvalue weighted by Gasteiger charge is 2.25. The maximum Gasteiger partial charge on any atom is 0.237 e. The lowest BCUT2D eigenvalue weighted by atomic mass is 10.2. The first-order valence-corrected chi connectivity index (χ1v) is 11.8. The van der Waals surface area contributed by atoms with Gasteiger partial charge in [-0.1, -0.05) is 47.1 Å². The van der Waals surface area contributed by atoms with E-state index in [-0.39, 0.29) is 5.91 Å². The average Bonchev–Trinajstić information content (AvgIpc) is 3.20. The molecule has 0 saturated carbocycles. The van der Waals surface area contributed by atoms with Crippen molar-refractivity contribution in [2.75, 3.05) is 36.5 Å². The zero-order valence-electron chi connectivity index (χ0n) is 17.7. The molecule has 1 fully saturated rings. The van der Waals surface area contributed by atoms with Gasteiger partial charge in [-0.3, -0.25) is 9.36 Å². The van der Waals surface area contributed by atoms with Crippen LogP contribution in [0.3, 0.4) is 0 Å². The molecule has 2 heterocycles. The Morgan fingerprint density at radius 1 is 1.16 bits per heavy atom. The summed E-state index contributed by atoms with van der Waals surface area (Å²) in [6, 6.07) is 13.1. The minimum absolute atomic E-state index is 0.203. The van der Waals surface area contributed by atoms with Gasteiger partial charge >= 0.3 is 0 Å². The lowest BCUT2D eigenvalue weighted by Gasteiger charge is -2.28. The number of amides is 1. The number of nitrogens with zero attached hydrogens (tertiary/aromatic N) is 4. The summed E-state index contributed by atoms with van der Waals surface area (Å²) in [5.41, 5.74) is 2.55. The van der Waals surface area contributed by atoms with Crippen LogP contribution in [-0.2, 0) is 9.53 Å². The number of aromatic nitrogens is 3. The standard InChI is InChI=1S/C22H23Cl2N5O2S/c1-14-4-3-5-17(12-14)29-21(28-8-10-31-11-9-28)26-27-22(29)32-15(2)20(30)25-19-13-16(23)6-7-18(19)24/h3-7,12-13,15H,8-11H2,1-2H3,(H,25,30). The number of benzene rings is 2. The maximum absolute atomic E-state index is 12.9. The van der Waals surface area contributed by atoms with Crippen molar-refractivity contribution >= 4 is 52.5 Å². The highest BCUT2D eigenvalue weighted by Crippen LogP contribution is 2.31. The molecule has 3 aromatic rings. The van der Waals surface area contributed by atoms with Crippen molar-refractivity contribution in [3.63, 3.8) is 0 Å². The number of carbonyl (C=O) groups is 1. The van der Waals surface area contributed by atoms with E-state index in [0.717, 1.165) is 30.3 Å². The number of halogens is 2. The normalized spacial score (nSPS) is 14.9. The molecule has 32 heavy (non-hydrogen) atoms. The first-order valence-electron chi connectivity index (χ1n) is 10.2. The van der Waals surface area contributed by atoms with E-state index in [0.29, 0.717) is 34.1 Å². The summed E-state index contributed by atoms with van der Waals surface area (Å²) in [4.78, 5) is 15.0. The number of nitrogens with one attached hydrogen (secondary N) is 1. The second kappa shape index (κ2) is 10.1. The van der Waals surface area contributed by atoms with Crippen molar-refractivity contribution in [3.8, 4) is 5.69 Å². The van der Waals surface area contributed by atoms with Crippen molar-refractivity contribution in [3.05, 3.63) is 58.1 Å². The molecule has 4 rings (SSSR count). The van der Waals surface area contributed by atoms with Gasteiger partial charge in [0.1, 0.15) is 0 Å². The molecule has 0 radical (unpaired) electrons. The zero-order chi connectivity index (χ0) is 22.7. The van der Waals surface area contributed by atoms with Crippen molar-refractivity contribution in [1.29, 1.82) is 0 Å². The van der Waals surface area contributed by atoms with Crippen LogP contribution in [0.4, 0.5) is 11.6 Å². The molecule has 0 spiro atoms. The van der Waals surface area contributed by atoms with Gasteiger partial charge in [-0.15, -0.1) is 10.2 Å². The number of hydrogen-bond donors (Lipinski definition) is 1. The fourth-order valence-electron chi connectivity index (χ4n) is 3.34. The van der Waals surface area contributed by atoms with E-state index in [1.165, 1.54) is 11.8 Å². The highest BCUT2D eigenvalue weighted by atomic mass is 35.5. The third kappa shape index (κ3) is 5.20. The number of thioether (sulfide) groups is 1. The van der Waals surface area contributed by atoms with Gasteiger partial charge in [0.2, 0.25) is 11.9 Å². The topological polar surface area (TPSA) is 72.3 Å². The molecule has 10 heteroatoms. The van der Waals surface area contributed by atoms with Crippen LogP contribution in [0.15, 0.2) is 47.6 Å². The summed E-state index contributed by atoms with van der Waals surface area (Å²) < 4.78 is 7.49. The van der Waals surface area contributed by atoms with Gasteiger partial charge in [0.15, 0.2) is 5.16 Å². The molecule has 1 saturated heterocycles. The van der Waals surface area contributed by atoms with E-state index in [1.54, 1.807) is 18.2 Å². The maximum atomic E-state index is 12.9. The summed E-state index contributed by atoms with van der Waals surface area (Å²) in [6.45, 7) is 6.61. The number of hydrogen-bond acceptors (Lipinski definition) is 6. The number of rotatable bonds is 6. The van der Waals surface area contributed by atoms with E-state index in [4.69, 9.17) is 27.9 Å². The first-order chi connectivity index (χ1) is 15.4. The predicted octanol–water partition coefficient (Wildman–Crippen LogP) is 4.84. The summed E-state index contributed by atoms with van der Waals surface area (Å²) >= 11 is 13.6. The Kier molecular flexibility index (Phi) is 7.25. The van der Waals surface area contributed by atoms with E-state index in [1.807, 2.05) is 36.6 Å². The quantitative estimate of drug-likeness (QED) is 0.497. The largest absolute Gasteiger partial charge is 0.378 e. The molecule has 7 nitrogen and oxygen atoms in total. The van der Waals surface area contributed by atoms with Gasteiger partial charge in [0.05, 0.1) is 34.9 Å². The molecule has 0 aliphatic carbocycles. The van der Waals surface area contributed by atoms with Gasteiger partial charge in [0, 0.05) is 18.1 Å². The third-order valence-corrected chi connectivity index (χ3v) is 6.62. The van der Waals surface area contributed by atoms with E-state index >= 15 is 0 Å². The number of carbonyl (C=O) groups excluding carboxylic acids is 1. The van der Waals surface area contributed by atoms with Crippen molar-refractivity contribution < 1.29 is 9.53 Å². The van der Waals surface area contributed by atoms with E-state index in [9.17, 15) is 4.79 Å². The Morgan fingerprint density at radius 3 is 2.69 bits per heavy atom. The van der Waals surface area contributed by atoms with Gasteiger partial charge in [-0.2, -0.15) is 0 Å². The summed E-state index contributed by atoms with van der Waals surface area (Å²) in [7, 11) is 0. The second-order valence-electron chi connectivity index (χ2n) is 7.43. The average molecular weight is 492 g/mol. The lowest BCUT2D eigenvalue weighted by molar-refractivity contribution is -0.115. The predicted molar refractivity (Wildman–Crippen MR) is 130 cm³/mol. The number of anilines is 2. The van der Waals surface area contributed by atoms with Crippen LogP contribution in [0.5, 0.6) is 0 Å². The Hall–Kier alpha value is -2.26. The molecule has 1 aromatic heterocycles. The molecular weight excluding hydrogens is 469 g/mol. The van der Waals surface area contributed by atoms with Crippen LogP contribution >= 0.6 is 35.0 Å². The van der Waals surface area contributed by atoms with Crippen LogP contribution in [0, 0.1) is 6.92 Å². The zero-order valence-corrected chi connectivity index (χ0v) is 20.0. The highest BCUT2D eigenvalue weighted by molar-refractivity contribution is 8.00. The van der Waals surface area contributed by atoms with Crippen LogP contribution in [0.2, 0.25) is 10.0 Å². The van der Waals surface area contributed by atoms with Gasteiger partial charge in [-0.05, 0) is 49.7 Å². The minimum Gasteiger partial charge on any atom is -0.378 e. The second-order valence-corrected chi connectivity index (χ2v) is 9.58. The summed E-state index contributed by atoms with van der Waals surface area (Å²) in [5.74, 6) is 0.540. The molecule has 1 aliphatic rings. The fraction of sp³-hybridized carbons (Fsp3) is 0.318. The molecule has 1 atom stereocenters. The monoisotopic (exact) mass is 491 g/mol. The van der Waals surface area contributed by atoms with Crippen molar-refractivity contribution in [2.45, 2.75) is 24.3 Å². The molecule has 168 valence electrons. The SMILES string of the molecule is Cc1cccc(-n2c(SC(C)C(=O)Nc3cc(Cl)ccc3Cl)nnc2N2CCOCC2)c1. The molecule has 1 N–H and O–H groups in total. The lowest BCUT2D eigenvalue weighted by Crippen LogP contribution is -2.38. The van der Waals surface area contributed by atoms with E-state index < -0.39 is 5.25 Å². The fourth-order valence-corrected chi connectivity index (χ4v) is 4.54. The number of morpholine rings is 1. The Morgan fingerprint density at radius 2 is 1.94 bits per heavy atom. The van der Waals surface area contributed by atoms with Gasteiger partial charge < -0.3 is 15.0 Å². The van der Waals surface area contributed by atoms with Crippen molar-refractivity contribution in [2.24, 2.45) is 0 Å². The molecule has 1 unspecified atom stereocenters. The summed E-state index contributed by atoms with van der Waals surface area (Å²) in [5, 5.41) is 12.8. The smallest absolute Gasteiger partial charge is 0.237 e. The number of aryl methyl sites for hydroxylation is 1. The van der Waals surface area contributed by atoms with Gasteiger partial charge in [-0.25, -0.2) is 0 Å². The van der Waals surface area contributed by atoms with Crippen molar-refractivity contribution in [1.82, 2.24) is 14.8 Å². The van der Waals surface area contributed by atoms with Crippen LogP contribution in [0.1, 0.15) is 12.5 Å². The molecule has 1 amide bonds. The summed E-state index contributed by atoms with van der Waals surface area (Å²) in [6.07, 6.45) is 0. The Balaban J connectivity index is 1.60. The van der Waals surface area contributed by atoms with Crippen LogP contribution < -0.4 is 10.2 Å². The minimum atomic E-state index is -0.449. The third-order valence-electron chi connectivity index (χ3n) is 5.01. The van der Waals surface area contributed by atoms with E-state index in [2.05, 4.69) is 26.5 Å².